The van der Waals surface area contributed by atoms with Gasteiger partial charge in [0, 0.05) is 12.1 Å². The summed E-state index contributed by atoms with van der Waals surface area (Å²) < 4.78 is 0. The van der Waals surface area contributed by atoms with Gasteiger partial charge in [-0.1, -0.05) is 36.4 Å². The highest BCUT2D eigenvalue weighted by atomic mass is 16.1. The average Bonchev–Trinajstić information content (AvgIpc) is 2.90. The normalized spacial score (nSPS) is 16.5. The number of aryl methyl sites for hydroxylation is 2. The molecule has 0 saturated carbocycles. The molecule has 0 bridgehead atoms. The molecule has 108 valence electrons. The number of carbonyl (C=O) groups excluding carboxylic acids is 1. The van der Waals surface area contributed by atoms with E-state index < -0.39 is 0 Å². The van der Waals surface area contributed by atoms with E-state index in [4.69, 9.17) is 5.73 Å². The molecular weight excluding hydrogens is 260 g/mol. The van der Waals surface area contributed by atoms with Gasteiger partial charge in [-0.3, -0.25) is 4.79 Å². The van der Waals surface area contributed by atoms with Crippen LogP contribution in [-0.4, -0.2) is 5.91 Å². The molecule has 0 radical (unpaired) electrons. The van der Waals surface area contributed by atoms with Gasteiger partial charge in [0.25, 0.3) is 0 Å². The first-order valence-corrected chi connectivity index (χ1v) is 7.44. The summed E-state index contributed by atoms with van der Waals surface area (Å²) in [5.41, 5.74) is 10.2. The Labute approximate surface area is 125 Å². The molecule has 2 aromatic carbocycles. The monoisotopic (exact) mass is 280 g/mol. The van der Waals surface area contributed by atoms with Gasteiger partial charge in [0.15, 0.2) is 0 Å². The maximum atomic E-state index is 12.1. The first-order chi connectivity index (χ1) is 10.2. The molecule has 0 heterocycles. The van der Waals surface area contributed by atoms with Crippen LogP contribution in [0.1, 0.15) is 35.6 Å². The summed E-state index contributed by atoms with van der Waals surface area (Å²) in [6.07, 6.45) is 3.33. The third kappa shape index (κ3) is 3.24. The van der Waals surface area contributed by atoms with E-state index in [1.165, 1.54) is 11.1 Å². The molecule has 1 aliphatic carbocycles. The maximum absolute atomic E-state index is 12.1. The summed E-state index contributed by atoms with van der Waals surface area (Å²) in [6, 6.07) is 16.3. The van der Waals surface area contributed by atoms with E-state index in [0.717, 1.165) is 30.5 Å². The van der Waals surface area contributed by atoms with Gasteiger partial charge in [-0.15, -0.1) is 0 Å². The van der Waals surface area contributed by atoms with E-state index in [1.807, 2.05) is 30.3 Å². The first-order valence-electron chi connectivity index (χ1n) is 7.44. The van der Waals surface area contributed by atoms with Crippen LogP contribution < -0.4 is 11.1 Å². The Kier molecular flexibility index (Phi) is 3.91. The van der Waals surface area contributed by atoms with Crippen LogP contribution >= 0.6 is 0 Å². The Morgan fingerprint density at radius 2 is 1.90 bits per heavy atom. The van der Waals surface area contributed by atoms with Gasteiger partial charge in [0.2, 0.25) is 5.91 Å². The fraction of sp³-hybridized carbons (Fsp3) is 0.278. The molecule has 3 heteroatoms. The predicted octanol–water partition coefficient (Wildman–Crippen LogP) is 3.01. The highest BCUT2D eigenvalue weighted by Gasteiger charge is 2.22. The smallest absolute Gasteiger partial charge is 0.220 e. The molecule has 2 aromatic rings. The summed E-state index contributed by atoms with van der Waals surface area (Å²) in [5.74, 6) is 0.119. The molecule has 0 aromatic heterocycles. The Hall–Kier alpha value is -2.29. The lowest BCUT2D eigenvalue weighted by molar-refractivity contribution is -0.121. The minimum atomic E-state index is 0.119. The van der Waals surface area contributed by atoms with E-state index in [-0.39, 0.29) is 11.9 Å². The molecule has 1 unspecified atom stereocenters. The fourth-order valence-corrected chi connectivity index (χ4v) is 2.92. The van der Waals surface area contributed by atoms with Crippen LogP contribution in [0.25, 0.3) is 0 Å². The Morgan fingerprint density at radius 1 is 1.14 bits per heavy atom. The van der Waals surface area contributed by atoms with Crippen molar-refractivity contribution in [2.45, 2.75) is 31.7 Å². The molecule has 0 fully saturated rings. The first kappa shape index (κ1) is 13.7. The van der Waals surface area contributed by atoms with Gasteiger partial charge in [-0.2, -0.15) is 0 Å². The van der Waals surface area contributed by atoms with Crippen molar-refractivity contribution in [2.75, 3.05) is 5.73 Å². The van der Waals surface area contributed by atoms with E-state index >= 15 is 0 Å². The number of hydrogen-bond acceptors (Lipinski definition) is 2. The number of anilines is 1. The topological polar surface area (TPSA) is 55.1 Å². The number of amides is 1. The van der Waals surface area contributed by atoms with E-state index in [1.54, 1.807) is 0 Å². The zero-order chi connectivity index (χ0) is 14.7. The second-order valence-corrected chi connectivity index (χ2v) is 5.60. The molecule has 1 atom stereocenters. The number of fused-ring (bicyclic) bond motifs is 1. The number of nitrogens with one attached hydrogen (secondary N) is 1. The van der Waals surface area contributed by atoms with Crippen LogP contribution in [0.5, 0.6) is 0 Å². The molecule has 0 spiro atoms. The van der Waals surface area contributed by atoms with Crippen molar-refractivity contribution in [3.05, 3.63) is 65.2 Å². The summed E-state index contributed by atoms with van der Waals surface area (Å²) >= 11 is 0. The predicted molar refractivity (Wildman–Crippen MR) is 84.8 cm³/mol. The van der Waals surface area contributed by atoms with Crippen molar-refractivity contribution in [1.29, 1.82) is 0 Å². The SMILES string of the molecule is Nc1ccc(CCC(=O)NC2CCc3ccccc32)cc1. The van der Waals surface area contributed by atoms with E-state index in [2.05, 4.69) is 23.5 Å². The Balaban J connectivity index is 1.54. The second-order valence-electron chi connectivity index (χ2n) is 5.60. The second kappa shape index (κ2) is 6.00. The Morgan fingerprint density at radius 3 is 2.71 bits per heavy atom. The highest BCUT2D eigenvalue weighted by molar-refractivity contribution is 5.77. The zero-order valence-corrected chi connectivity index (χ0v) is 12.0. The van der Waals surface area contributed by atoms with Crippen LogP contribution in [-0.2, 0) is 17.6 Å². The minimum Gasteiger partial charge on any atom is -0.399 e. The Bertz CT molecular complexity index is 634. The maximum Gasteiger partial charge on any atom is 0.220 e. The number of hydrogen-bond donors (Lipinski definition) is 2. The van der Waals surface area contributed by atoms with Crippen molar-refractivity contribution in [1.82, 2.24) is 5.32 Å². The molecule has 3 rings (SSSR count). The summed E-state index contributed by atoms with van der Waals surface area (Å²) in [6.45, 7) is 0. The lowest BCUT2D eigenvalue weighted by atomic mass is 10.1. The number of rotatable bonds is 4. The third-order valence-corrected chi connectivity index (χ3v) is 4.09. The zero-order valence-electron chi connectivity index (χ0n) is 12.0. The molecular formula is C18H20N2O. The van der Waals surface area contributed by atoms with E-state index in [9.17, 15) is 4.79 Å². The summed E-state index contributed by atoms with van der Waals surface area (Å²) in [7, 11) is 0. The minimum absolute atomic E-state index is 0.119. The van der Waals surface area contributed by atoms with Crippen LogP contribution in [0, 0.1) is 0 Å². The van der Waals surface area contributed by atoms with Crippen molar-refractivity contribution >= 4 is 11.6 Å². The summed E-state index contributed by atoms with van der Waals surface area (Å²) in [4.78, 5) is 12.1. The van der Waals surface area contributed by atoms with Gasteiger partial charge in [-0.05, 0) is 48.1 Å². The number of carbonyl (C=O) groups is 1. The fourth-order valence-electron chi connectivity index (χ4n) is 2.92. The van der Waals surface area contributed by atoms with Crippen molar-refractivity contribution in [3.8, 4) is 0 Å². The number of benzene rings is 2. The van der Waals surface area contributed by atoms with Gasteiger partial charge in [-0.25, -0.2) is 0 Å². The van der Waals surface area contributed by atoms with Gasteiger partial charge >= 0.3 is 0 Å². The van der Waals surface area contributed by atoms with Gasteiger partial charge < -0.3 is 11.1 Å². The standard InChI is InChI=1S/C18H20N2O/c19-15-9-5-13(6-10-15)7-12-18(21)20-17-11-8-14-3-1-2-4-16(14)17/h1-6,9-10,17H,7-8,11-12,19H2,(H,20,21). The molecule has 0 aliphatic heterocycles. The molecule has 3 N–H and O–H groups in total. The van der Waals surface area contributed by atoms with Crippen LogP contribution in [0.4, 0.5) is 5.69 Å². The highest BCUT2D eigenvalue weighted by Crippen LogP contribution is 2.30. The molecule has 3 nitrogen and oxygen atoms in total. The number of nitrogens with two attached hydrogens (primary N) is 1. The molecule has 1 amide bonds. The van der Waals surface area contributed by atoms with Crippen LogP contribution in [0.15, 0.2) is 48.5 Å². The lowest BCUT2D eigenvalue weighted by Crippen LogP contribution is -2.27. The van der Waals surface area contributed by atoms with E-state index in [0.29, 0.717) is 6.42 Å². The molecule has 1 aliphatic rings. The summed E-state index contributed by atoms with van der Waals surface area (Å²) in [5, 5.41) is 3.15. The van der Waals surface area contributed by atoms with Crippen molar-refractivity contribution in [3.63, 3.8) is 0 Å². The molecule has 0 saturated heterocycles. The number of nitrogen functional groups attached to an aromatic ring is 1. The quantitative estimate of drug-likeness (QED) is 0.846. The largest absolute Gasteiger partial charge is 0.399 e. The van der Waals surface area contributed by atoms with Crippen LogP contribution in [0.3, 0.4) is 0 Å². The third-order valence-electron chi connectivity index (χ3n) is 4.09. The van der Waals surface area contributed by atoms with Crippen molar-refractivity contribution in [2.24, 2.45) is 0 Å². The van der Waals surface area contributed by atoms with Crippen molar-refractivity contribution < 1.29 is 4.79 Å². The van der Waals surface area contributed by atoms with Gasteiger partial charge in [0.1, 0.15) is 0 Å². The molecule has 21 heavy (non-hydrogen) atoms. The van der Waals surface area contributed by atoms with Gasteiger partial charge in [0.05, 0.1) is 6.04 Å². The average molecular weight is 280 g/mol. The van der Waals surface area contributed by atoms with Crippen LogP contribution in [0.2, 0.25) is 0 Å². The lowest BCUT2D eigenvalue weighted by Gasteiger charge is -2.14.